The number of aromatic nitrogens is 3. The molecule has 0 fully saturated rings. The maximum atomic E-state index is 9.57. The highest BCUT2D eigenvalue weighted by Gasteiger charge is 2.14. The van der Waals surface area contributed by atoms with Crippen molar-refractivity contribution in [1.82, 2.24) is 15.0 Å². The van der Waals surface area contributed by atoms with Crippen molar-refractivity contribution >= 4 is 10.8 Å². The summed E-state index contributed by atoms with van der Waals surface area (Å²) in [6, 6.07) is 60.0. The van der Waals surface area contributed by atoms with Gasteiger partial charge in [0.15, 0.2) is 17.5 Å². The number of nitriles is 1. The van der Waals surface area contributed by atoms with Crippen LogP contribution in [0.25, 0.3) is 78.3 Å². The van der Waals surface area contributed by atoms with Crippen LogP contribution in [0.1, 0.15) is 5.56 Å². The molecule has 0 atom stereocenters. The molecule has 4 heteroatoms. The molecule has 4 nitrogen and oxygen atoms in total. The molecular weight excluding hydrogens is 585 g/mol. The zero-order chi connectivity index (χ0) is 32.3. The standard InChI is InChI=1S/C44H28N4/c45-29-36-15-7-8-16-37(36)30-21-23-31(24-22-30)38-17-9-20-41-39(18-10-19-40(38)41)32-25-27-35(28-26-32)44-47-42(33-11-3-1-4-12-33)46-43(48-44)34-13-5-2-6-14-34/h1-28H. The number of hydrogen-bond donors (Lipinski definition) is 0. The van der Waals surface area contributed by atoms with Gasteiger partial charge in [-0.1, -0.05) is 164 Å². The summed E-state index contributed by atoms with van der Waals surface area (Å²) in [5.41, 5.74) is 10.0. The number of fused-ring (bicyclic) bond motifs is 1. The van der Waals surface area contributed by atoms with Gasteiger partial charge in [-0.05, 0) is 50.2 Å². The lowest BCUT2D eigenvalue weighted by Crippen LogP contribution is -2.00. The second-order valence-corrected chi connectivity index (χ2v) is 11.6. The van der Waals surface area contributed by atoms with Crippen molar-refractivity contribution in [1.29, 1.82) is 5.26 Å². The first-order valence-electron chi connectivity index (χ1n) is 15.8. The molecule has 0 amide bonds. The number of benzene rings is 7. The fourth-order valence-corrected chi connectivity index (χ4v) is 6.21. The molecule has 0 aliphatic carbocycles. The van der Waals surface area contributed by atoms with Gasteiger partial charge in [-0.15, -0.1) is 0 Å². The Morgan fingerprint density at radius 2 is 0.667 bits per heavy atom. The van der Waals surface area contributed by atoms with Crippen molar-refractivity contribution in [2.75, 3.05) is 0 Å². The van der Waals surface area contributed by atoms with E-state index in [1.54, 1.807) is 0 Å². The lowest BCUT2D eigenvalue weighted by Gasteiger charge is -2.13. The number of nitrogens with zero attached hydrogens (tertiary/aromatic N) is 4. The highest BCUT2D eigenvalue weighted by Crippen LogP contribution is 2.36. The fraction of sp³-hybridized carbons (Fsp3) is 0. The van der Waals surface area contributed by atoms with E-state index in [-0.39, 0.29) is 0 Å². The minimum absolute atomic E-state index is 0.635. The molecular formula is C44H28N4. The van der Waals surface area contributed by atoms with Gasteiger partial charge >= 0.3 is 0 Å². The topological polar surface area (TPSA) is 62.5 Å². The van der Waals surface area contributed by atoms with E-state index >= 15 is 0 Å². The van der Waals surface area contributed by atoms with E-state index in [0.717, 1.165) is 50.1 Å². The van der Waals surface area contributed by atoms with Crippen LogP contribution < -0.4 is 0 Å². The van der Waals surface area contributed by atoms with E-state index in [2.05, 4.69) is 91.0 Å². The normalized spacial score (nSPS) is 10.9. The maximum Gasteiger partial charge on any atom is 0.164 e. The van der Waals surface area contributed by atoms with Gasteiger partial charge in [0.2, 0.25) is 0 Å². The first-order valence-corrected chi connectivity index (χ1v) is 15.8. The van der Waals surface area contributed by atoms with Crippen LogP contribution in [0, 0.1) is 11.3 Å². The van der Waals surface area contributed by atoms with Gasteiger partial charge in [-0.25, -0.2) is 15.0 Å². The monoisotopic (exact) mass is 612 g/mol. The SMILES string of the molecule is N#Cc1ccccc1-c1ccc(-c2cccc3c(-c4ccc(-c5nc(-c6ccccc6)nc(-c6ccccc6)n5)cc4)cccc23)cc1. The summed E-state index contributed by atoms with van der Waals surface area (Å²) in [5.74, 6) is 1.93. The Bertz CT molecular complexity index is 2370. The van der Waals surface area contributed by atoms with Gasteiger partial charge in [-0.3, -0.25) is 0 Å². The predicted molar refractivity (Wildman–Crippen MR) is 195 cm³/mol. The summed E-state index contributed by atoms with van der Waals surface area (Å²) in [6.45, 7) is 0. The van der Waals surface area contributed by atoms with Crippen molar-refractivity contribution in [2.45, 2.75) is 0 Å². The summed E-state index contributed by atoms with van der Waals surface area (Å²) >= 11 is 0. The third kappa shape index (κ3) is 5.51. The summed E-state index contributed by atoms with van der Waals surface area (Å²) in [5, 5.41) is 11.9. The van der Waals surface area contributed by atoms with Crippen molar-refractivity contribution in [2.24, 2.45) is 0 Å². The molecule has 0 aliphatic rings. The molecule has 0 saturated carbocycles. The van der Waals surface area contributed by atoms with Crippen molar-refractivity contribution < 1.29 is 0 Å². The zero-order valence-electron chi connectivity index (χ0n) is 26.0. The van der Waals surface area contributed by atoms with Crippen LogP contribution in [-0.2, 0) is 0 Å². The minimum atomic E-state index is 0.635. The second kappa shape index (κ2) is 12.6. The van der Waals surface area contributed by atoms with Crippen molar-refractivity contribution in [3.05, 3.63) is 175 Å². The van der Waals surface area contributed by atoms with E-state index in [0.29, 0.717) is 23.0 Å². The van der Waals surface area contributed by atoms with Crippen LogP contribution in [0.2, 0.25) is 0 Å². The minimum Gasteiger partial charge on any atom is -0.208 e. The van der Waals surface area contributed by atoms with E-state index in [9.17, 15) is 5.26 Å². The highest BCUT2D eigenvalue weighted by molar-refractivity contribution is 6.04. The average Bonchev–Trinajstić information content (AvgIpc) is 3.18. The molecule has 0 spiro atoms. The quantitative estimate of drug-likeness (QED) is 0.187. The maximum absolute atomic E-state index is 9.57. The van der Waals surface area contributed by atoms with Gasteiger partial charge in [-0.2, -0.15) is 5.26 Å². The number of rotatable bonds is 6. The predicted octanol–water partition coefficient (Wildman–Crippen LogP) is 10.9. The largest absolute Gasteiger partial charge is 0.208 e. The zero-order valence-corrected chi connectivity index (χ0v) is 26.0. The smallest absolute Gasteiger partial charge is 0.164 e. The molecule has 7 aromatic carbocycles. The Kier molecular flexibility index (Phi) is 7.54. The molecule has 8 rings (SSSR count). The third-order valence-electron chi connectivity index (χ3n) is 8.63. The van der Waals surface area contributed by atoms with Crippen LogP contribution in [0.15, 0.2) is 170 Å². The summed E-state index contributed by atoms with van der Waals surface area (Å²) < 4.78 is 0. The molecule has 0 bridgehead atoms. The van der Waals surface area contributed by atoms with Crippen LogP contribution in [0.4, 0.5) is 0 Å². The fourth-order valence-electron chi connectivity index (χ4n) is 6.21. The molecule has 1 aromatic heterocycles. The Hall–Kier alpha value is -6.70. The molecule has 1 heterocycles. The van der Waals surface area contributed by atoms with Crippen molar-refractivity contribution in [3.63, 3.8) is 0 Å². The molecule has 0 aliphatic heterocycles. The third-order valence-corrected chi connectivity index (χ3v) is 8.63. The Labute approximate surface area is 279 Å². The van der Waals surface area contributed by atoms with Gasteiger partial charge < -0.3 is 0 Å². The molecule has 48 heavy (non-hydrogen) atoms. The lowest BCUT2D eigenvalue weighted by atomic mass is 9.91. The summed E-state index contributed by atoms with van der Waals surface area (Å²) in [6.07, 6.45) is 0. The van der Waals surface area contributed by atoms with Crippen LogP contribution in [0.5, 0.6) is 0 Å². The van der Waals surface area contributed by atoms with Gasteiger partial charge in [0, 0.05) is 16.7 Å². The second-order valence-electron chi connectivity index (χ2n) is 11.6. The Balaban J connectivity index is 1.15. The van der Waals surface area contributed by atoms with Crippen LogP contribution in [0.3, 0.4) is 0 Å². The first-order chi connectivity index (χ1) is 23.7. The number of hydrogen-bond acceptors (Lipinski definition) is 4. The molecule has 0 saturated heterocycles. The molecule has 0 unspecified atom stereocenters. The Morgan fingerprint density at radius 3 is 1.12 bits per heavy atom. The van der Waals surface area contributed by atoms with Gasteiger partial charge in [0.25, 0.3) is 0 Å². The van der Waals surface area contributed by atoms with Crippen LogP contribution >= 0.6 is 0 Å². The van der Waals surface area contributed by atoms with E-state index in [4.69, 9.17) is 15.0 Å². The first kappa shape index (κ1) is 28.8. The summed E-state index contributed by atoms with van der Waals surface area (Å²) in [4.78, 5) is 14.6. The lowest BCUT2D eigenvalue weighted by molar-refractivity contribution is 1.07. The van der Waals surface area contributed by atoms with Crippen molar-refractivity contribution in [3.8, 4) is 73.6 Å². The average molecular weight is 613 g/mol. The van der Waals surface area contributed by atoms with Gasteiger partial charge in [0.05, 0.1) is 11.6 Å². The van der Waals surface area contributed by atoms with Gasteiger partial charge in [0.1, 0.15) is 0 Å². The Morgan fingerprint density at radius 1 is 0.312 bits per heavy atom. The molecule has 0 N–H and O–H groups in total. The van der Waals surface area contributed by atoms with E-state index in [1.807, 2.05) is 84.9 Å². The summed E-state index contributed by atoms with van der Waals surface area (Å²) in [7, 11) is 0. The van der Waals surface area contributed by atoms with Crippen LogP contribution in [-0.4, -0.2) is 15.0 Å². The molecule has 8 aromatic rings. The molecule has 0 radical (unpaired) electrons. The highest BCUT2D eigenvalue weighted by atomic mass is 15.0. The molecule has 224 valence electrons. The van der Waals surface area contributed by atoms with E-state index < -0.39 is 0 Å². The van der Waals surface area contributed by atoms with E-state index in [1.165, 1.54) is 10.8 Å².